The van der Waals surface area contributed by atoms with Crippen molar-refractivity contribution in [2.45, 2.75) is 4.90 Å². The molecule has 1 rings (SSSR count). The van der Waals surface area contributed by atoms with Gasteiger partial charge in [0.1, 0.15) is 0 Å². The number of hydrazine groups is 1. The summed E-state index contributed by atoms with van der Waals surface area (Å²) in [4.78, 5) is 22.4. The molecule has 0 amide bonds. The van der Waals surface area contributed by atoms with Crippen LogP contribution in [0.4, 0.5) is 0 Å². The Labute approximate surface area is 126 Å². The Morgan fingerprint density at radius 3 is 1.78 bits per heavy atom. The molecule has 8 nitrogen and oxygen atoms in total. The number of hydrogen-bond acceptors (Lipinski definition) is 5. The number of carboxylic acids is 2. The van der Waals surface area contributed by atoms with Crippen LogP contribution in [-0.2, 0) is 10.0 Å². The molecule has 0 atom stereocenters. The minimum atomic E-state index is -4.11. The van der Waals surface area contributed by atoms with E-state index in [1.54, 1.807) is 0 Å². The molecule has 0 saturated heterocycles. The Morgan fingerprint density at radius 1 is 1.11 bits per heavy atom. The number of carbonyl (C=O) groups is 2. The van der Waals surface area contributed by atoms with Gasteiger partial charge in [-0.25, -0.2) is 18.0 Å². The number of sulfonamides is 1. The van der Waals surface area contributed by atoms with Gasteiger partial charge in [-0.2, -0.15) is 4.83 Å². The minimum absolute atomic E-state index is 0. The molecule has 94 valence electrons. The van der Waals surface area contributed by atoms with E-state index in [1.165, 1.54) is 4.83 Å². The van der Waals surface area contributed by atoms with Gasteiger partial charge in [-0.3, -0.25) is 5.84 Å². The maximum absolute atomic E-state index is 11.3. The molecule has 5 N–H and O–H groups in total. The molecule has 0 aliphatic carbocycles. The standard InChI is InChI=1S/C8H8N2O6S.Na.H/c9-10-17(15,16)6-2-4(7(11)12)1-5(3-6)8(13)14;;/h1-3,10H,9H2,(H,11,12)(H,13,14);;/q;+1;-1. The first-order valence-electron chi connectivity index (χ1n) is 4.12. The number of rotatable bonds is 4. The third kappa shape index (κ3) is 3.77. The summed E-state index contributed by atoms with van der Waals surface area (Å²) in [6, 6.07) is 2.47. The van der Waals surface area contributed by atoms with Gasteiger partial charge in [0.15, 0.2) is 0 Å². The summed E-state index contributed by atoms with van der Waals surface area (Å²) in [6.45, 7) is 0. The van der Waals surface area contributed by atoms with E-state index >= 15 is 0 Å². The van der Waals surface area contributed by atoms with Gasteiger partial charge < -0.3 is 11.6 Å². The smallest absolute Gasteiger partial charge is 1.00 e. The van der Waals surface area contributed by atoms with Gasteiger partial charge in [-0.05, 0) is 18.2 Å². The second-order valence-corrected chi connectivity index (χ2v) is 4.69. The number of benzene rings is 1. The van der Waals surface area contributed by atoms with E-state index in [1.807, 2.05) is 0 Å². The Kier molecular flexibility index (Phi) is 5.93. The Balaban J connectivity index is 0. The minimum Gasteiger partial charge on any atom is -1.00 e. The molecule has 0 bridgehead atoms. The Bertz CT molecular complexity index is 559. The van der Waals surface area contributed by atoms with Crippen LogP contribution < -0.4 is 40.2 Å². The van der Waals surface area contributed by atoms with Gasteiger partial charge in [-0.15, -0.1) is 0 Å². The fourth-order valence-corrected chi connectivity index (χ4v) is 1.77. The van der Waals surface area contributed by atoms with E-state index in [-0.39, 0.29) is 31.0 Å². The quantitative estimate of drug-likeness (QED) is 0.253. The first-order valence-corrected chi connectivity index (χ1v) is 5.60. The summed E-state index contributed by atoms with van der Waals surface area (Å²) in [6.07, 6.45) is 0. The number of aromatic carboxylic acids is 2. The van der Waals surface area contributed by atoms with Crippen LogP contribution in [-0.4, -0.2) is 30.6 Å². The van der Waals surface area contributed by atoms with Crippen LogP contribution >= 0.6 is 0 Å². The SMILES string of the molecule is NNS(=O)(=O)c1cc(C(=O)O)cc(C(=O)O)c1.[H-].[Na+]. The largest absolute Gasteiger partial charge is 1.00 e. The van der Waals surface area contributed by atoms with Crippen molar-refractivity contribution < 1.29 is 59.2 Å². The van der Waals surface area contributed by atoms with Gasteiger partial charge in [0, 0.05) is 0 Å². The zero-order valence-corrected chi connectivity index (χ0v) is 12.1. The molecule has 0 aliphatic rings. The Morgan fingerprint density at radius 2 is 1.50 bits per heavy atom. The molecule has 0 spiro atoms. The summed E-state index contributed by atoms with van der Waals surface area (Å²) >= 11 is 0. The maximum Gasteiger partial charge on any atom is 1.00 e. The van der Waals surface area contributed by atoms with Crippen LogP contribution in [0, 0.1) is 0 Å². The number of nitrogens with one attached hydrogen (secondary N) is 1. The Hall–Kier alpha value is -0.970. The summed E-state index contributed by atoms with van der Waals surface area (Å²) < 4.78 is 22.7. The number of carboxylic acid groups (broad SMARTS) is 2. The predicted molar refractivity (Wildman–Crippen MR) is 56.0 cm³/mol. The molecule has 18 heavy (non-hydrogen) atoms. The van der Waals surface area contributed by atoms with Gasteiger partial charge >= 0.3 is 41.5 Å². The fraction of sp³-hybridized carbons (Fsp3) is 0. The molecule has 0 unspecified atom stereocenters. The number of nitrogens with two attached hydrogens (primary N) is 1. The molecule has 0 radical (unpaired) electrons. The average molecular weight is 284 g/mol. The van der Waals surface area contributed by atoms with Gasteiger partial charge in [0.25, 0.3) is 10.0 Å². The van der Waals surface area contributed by atoms with E-state index in [4.69, 9.17) is 16.1 Å². The van der Waals surface area contributed by atoms with Crippen LogP contribution in [0.1, 0.15) is 22.1 Å². The van der Waals surface area contributed by atoms with Gasteiger partial charge in [0.2, 0.25) is 0 Å². The van der Waals surface area contributed by atoms with Gasteiger partial charge in [0.05, 0.1) is 16.0 Å². The summed E-state index contributed by atoms with van der Waals surface area (Å²) in [5.41, 5.74) is -0.919. The van der Waals surface area contributed by atoms with E-state index in [0.717, 1.165) is 18.2 Å². The van der Waals surface area contributed by atoms with Crippen molar-refractivity contribution in [1.29, 1.82) is 0 Å². The first kappa shape index (κ1) is 17.0. The molecule has 10 heteroatoms. The van der Waals surface area contributed by atoms with E-state index in [0.29, 0.717) is 0 Å². The zero-order valence-electron chi connectivity index (χ0n) is 10.2. The molecule has 0 saturated carbocycles. The molecule has 0 heterocycles. The zero-order chi connectivity index (χ0) is 13.2. The molecule has 0 fully saturated rings. The molecule has 1 aromatic rings. The van der Waals surface area contributed by atoms with Crippen molar-refractivity contribution in [3.63, 3.8) is 0 Å². The van der Waals surface area contributed by atoms with Crippen LogP contribution in [0.15, 0.2) is 23.1 Å². The van der Waals surface area contributed by atoms with Crippen LogP contribution in [0.2, 0.25) is 0 Å². The first-order chi connectivity index (χ1) is 7.77. The van der Waals surface area contributed by atoms with Crippen molar-refractivity contribution in [1.82, 2.24) is 4.83 Å². The molecular formula is C8H9N2NaO6S. The van der Waals surface area contributed by atoms with E-state index in [9.17, 15) is 18.0 Å². The molecule has 1 aromatic carbocycles. The van der Waals surface area contributed by atoms with Crippen LogP contribution in [0.25, 0.3) is 0 Å². The number of hydrogen-bond donors (Lipinski definition) is 4. The van der Waals surface area contributed by atoms with Crippen molar-refractivity contribution in [2.75, 3.05) is 0 Å². The summed E-state index contributed by atoms with van der Waals surface area (Å²) in [5, 5.41) is 17.4. The second-order valence-electron chi connectivity index (χ2n) is 2.98. The third-order valence-electron chi connectivity index (χ3n) is 1.87. The average Bonchev–Trinajstić information content (AvgIpc) is 2.28. The van der Waals surface area contributed by atoms with Crippen molar-refractivity contribution in [3.8, 4) is 0 Å². The van der Waals surface area contributed by atoms with E-state index < -0.39 is 38.0 Å². The van der Waals surface area contributed by atoms with Gasteiger partial charge in [-0.1, -0.05) is 0 Å². The van der Waals surface area contributed by atoms with Crippen LogP contribution in [0.5, 0.6) is 0 Å². The van der Waals surface area contributed by atoms with Crippen molar-refractivity contribution >= 4 is 22.0 Å². The van der Waals surface area contributed by atoms with Crippen LogP contribution in [0.3, 0.4) is 0 Å². The summed E-state index contributed by atoms with van der Waals surface area (Å²) in [7, 11) is -4.11. The van der Waals surface area contributed by atoms with E-state index in [2.05, 4.69) is 0 Å². The topological polar surface area (TPSA) is 147 Å². The molecular weight excluding hydrogens is 275 g/mol. The molecule has 0 aliphatic heterocycles. The predicted octanol–water partition coefficient (Wildman–Crippen LogP) is -3.65. The maximum atomic E-state index is 11.3. The van der Waals surface area contributed by atoms with Crippen molar-refractivity contribution in [2.24, 2.45) is 5.84 Å². The second kappa shape index (κ2) is 6.27. The third-order valence-corrected chi connectivity index (χ3v) is 3.03. The van der Waals surface area contributed by atoms with Crippen molar-refractivity contribution in [3.05, 3.63) is 29.3 Å². The fourth-order valence-electron chi connectivity index (χ4n) is 1.07. The monoisotopic (exact) mass is 284 g/mol. The summed E-state index contributed by atoms with van der Waals surface area (Å²) in [5.74, 6) is 1.87. The molecule has 0 aromatic heterocycles. The normalized spacial score (nSPS) is 10.5.